The minimum atomic E-state index is -3.49. The molecule has 0 aliphatic carbocycles. The fraction of sp³-hybridized carbons (Fsp3) is 1.00. The maximum Gasteiger partial charge on any atom is 0.277 e. The molecule has 0 heterocycles. The second-order valence-corrected chi connectivity index (χ2v) is 7.07. The van der Waals surface area contributed by atoms with Crippen LogP contribution < -0.4 is 9.44 Å². The van der Waals surface area contributed by atoms with Crippen molar-refractivity contribution in [2.24, 2.45) is 5.41 Å². The van der Waals surface area contributed by atoms with Gasteiger partial charge in [0.15, 0.2) is 0 Å². The molecule has 3 N–H and O–H groups in total. The molecular formula is C10H24N2O3S. The zero-order chi connectivity index (χ0) is 13.0. The van der Waals surface area contributed by atoms with E-state index in [1.165, 1.54) is 0 Å². The number of hydrogen-bond acceptors (Lipinski definition) is 3. The summed E-state index contributed by atoms with van der Waals surface area (Å²) < 4.78 is 27.5. The minimum Gasteiger partial charge on any atom is -0.392 e. The van der Waals surface area contributed by atoms with Gasteiger partial charge in [-0.25, -0.2) is 0 Å². The molecule has 0 spiro atoms. The van der Waals surface area contributed by atoms with Crippen molar-refractivity contribution in [2.75, 3.05) is 6.54 Å². The van der Waals surface area contributed by atoms with Crippen molar-refractivity contribution >= 4 is 10.2 Å². The molecule has 0 aromatic heterocycles. The minimum absolute atomic E-state index is 0.0175. The zero-order valence-electron chi connectivity index (χ0n) is 10.7. The molecule has 5 nitrogen and oxygen atoms in total. The topological polar surface area (TPSA) is 78.4 Å². The van der Waals surface area contributed by atoms with E-state index in [4.69, 9.17) is 0 Å². The van der Waals surface area contributed by atoms with E-state index < -0.39 is 16.3 Å². The maximum atomic E-state index is 11.4. The van der Waals surface area contributed by atoms with E-state index in [0.717, 1.165) is 0 Å². The molecule has 0 aliphatic heterocycles. The first-order valence-corrected chi connectivity index (χ1v) is 6.95. The Labute approximate surface area is 98.8 Å². The predicted molar refractivity (Wildman–Crippen MR) is 65.3 cm³/mol. The van der Waals surface area contributed by atoms with Gasteiger partial charge < -0.3 is 5.11 Å². The van der Waals surface area contributed by atoms with Gasteiger partial charge in [-0.15, -0.1) is 0 Å². The van der Waals surface area contributed by atoms with Crippen molar-refractivity contribution in [1.82, 2.24) is 9.44 Å². The van der Waals surface area contributed by atoms with Crippen LogP contribution in [-0.4, -0.2) is 32.2 Å². The van der Waals surface area contributed by atoms with Crippen LogP contribution in [0.5, 0.6) is 0 Å². The lowest BCUT2D eigenvalue weighted by Crippen LogP contribution is -2.43. The van der Waals surface area contributed by atoms with Gasteiger partial charge in [0.25, 0.3) is 10.2 Å². The highest BCUT2D eigenvalue weighted by Crippen LogP contribution is 2.20. The standard InChI is InChI=1S/C10H24N2O3S/c1-8(2)12-16(14,15)11-7-9(13)6-10(3,4)5/h8-9,11-13H,6-7H2,1-5H3. The van der Waals surface area contributed by atoms with E-state index in [1.54, 1.807) is 13.8 Å². The zero-order valence-corrected chi connectivity index (χ0v) is 11.6. The Hall–Kier alpha value is -0.170. The number of aliphatic hydroxyl groups is 1. The summed E-state index contributed by atoms with van der Waals surface area (Å²) in [6.45, 7) is 9.51. The third-order valence-corrected chi connectivity index (χ3v) is 3.08. The Kier molecular flexibility index (Phi) is 5.89. The van der Waals surface area contributed by atoms with Gasteiger partial charge in [-0.1, -0.05) is 20.8 Å². The van der Waals surface area contributed by atoms with Crippen molar-refractivity contribution < 1.29 is 13.5 Å². The average Bonchev–Trinajstić information content (AvgIpc) is 1.95. The van der Waals surface area contributed by atoms with E-state index >= 15 is 0 Å². The summed E-state index contributed by atoms with van der Waals surface area (Å²) in [5, 5.41) is 9.63. The van der Waals surface area contributed by atoms with Crippen LogP contribution in [0.25, 0.3) is 0 Å². The number of nitrogens with one attached hydrogen (secondary N) is 2. The van der Waals surface area contributed by atoms with Gasteiger partial charge in [-0.2, -0.15) is 17.9 Å². The Morgan fingerprint density at radius 3 is 2.12 bits per heavy atom. The molecule has 0 fully saturated rings. The largest absolute Gasteiger partial charge is 0.392 e. The highest BCUT2D eigenvalue weighted by Gasteiger charge is 2.19. The van der Waals surface area contributed by atoms with Crippen molar-refractivity contribution in [3.05, 3.63) is 0 Å². The molecule has 6 heteroatoms. The number of hydrogen-bond donors (Lipinski definition) is 3. The van der Waals surface area contributed by atoms with E-state index in [-0.39, 0.29) is 18.0 Å². The van der Waals surface area contributed by atoms with Crippen molar-refractivity contribution in [3.63, 3.8) is 0 Å². The molecule has 0 saturated carbocycles. The van der Waals surface area contributed by atoms with Crippen LogP contribution in [0, 0.1) is 5.41 Å². The van der Waals surface area contributed by atoms with E-state index in [0.29, 0.717) is 6.42 Å². The van der Waals surface area contributed by atoms with E-state index in [2.05, 4.69) is 9.44 Å². The quantitative estimate of drug-likeness (QED) is 0.648. The van der Waals surface area contributed by atoms with Crippen LogP contribution in [0.4, 0.5) is 0 Å². The van der Waals surface area contributed by atoms with Gasteiger partial charge in [-0.05, 0) is 25.7 Å². The second kappa shape index (κ2) is 5.95. The molecule has 1 unspecified atom stereocenters. The lowest BCUT2D eigenvalue weighted by Gasteiger charge is -2.22. The lowest BCUT2D eigenvalue weighted by atomic mass is 9.89. The van der Waals surface area contributed by atoms with Crippen LogP contribution in [0.1, 0.15) is 41.0 Å². The molecule has 0 rings (SSSR count). The summed E-state index contributed by atoms with van der Waals surface area (Å²) in [5.74, 6) is 0. The molecule has 0 aromatic carbocycles. The molecule has 0 aliphatic rings. The Bertz CT molecular complexity index is 294. The monoisotopic (exact) mass is 252 g/mol. The fourth-order valence-corrected chi connectivity index (χ4v) is 2.45. The van der Waals surface area contributed by atoms with E-state index in [9.17, 15) is 13.5 Å². The summed E-state index contributed by atoms with van der Waals surface area (Å²) in [7, 11) is -3.49. The summed E-state index contributed by atoms with van der Waals surface area (Å²) in [4.78, 5) is 0. The molecule has 0 bridgehead atoms. The van der Waals surface area contributed by atoms with Crippen molar-refractivity contribution in [3.8, 4) is 0 Å². The molecule has 0 amide bonds. The van der Waals surface area contributed by atoms with Crippen LogP contribution in [0.15, 0.2) is 0 Å². The summed E-state index contributed by atoms with van der Waals surface area (Å²) >= 11 is 0. The molecule has 0 aromatic rings. The summed E-state index contributed by atoms with van der Waals surface area (Å²) in [6, 6.07) is -0.155. The first kappa shape index (κ1) is 15.8. The van der Waals surface area contributed by atoms with Gasteiger partial charge in [-0.3, -0.25) is 0 Å². The Morgan fingerprint density at radius 1 is 1.25 bits per heavy atom. The van der Waals surface area contributed by atoms with Crippen LogP contribution in [0.2, 0.25) is 0 Å². The highest BCUT2D eigenvalue weighted by molar-refractivity contribution is 7.87. The lowest BCUT2D eigenvalue weighted by molar-refractivity contribution is 0.125. The Balaban J connectivity index is 4.06. The smallest absolute Gasteiger partial charge is 0.277 e. The van der Waals surface area contributed by atoms with Gasteiger partial charge >= 0.3 is 0 Å². The van der Waals surface area contributed by atoms with Crippen LogP contribution >= 0.6 is 0 Å². The highest BCUT2D eigenvalue weighted by atomic mass is 32.2. The number of rotatable bonds is 6. The molecule has 0 radical (unpaired) electrons. The second-order valence-electron chi connectivity index (χ2n) is 5.54. The summed E-state index contributed by atoms with van der Waals surface area (Å²) in [6.07, 6.45) is -0.110. The van der Waals surface area contributed by atoms with Gasteiger partial charge in [0.2, 0.25) is 0 Å². The van der Waals surface area contributed by atoms with Gasteiger partial charge in [0.1, 0.15) is 0 Å². The molecule has 16 heavy (non-hydrogen) atoms. The fourth-order valence-electron chi connectivity index (χ4n) is 1.34. The average molecular weight is 252 g/mol. The SMILES string of the molecule is CC(C)NS(=O)(=O)NCC(O)CC(C)(C)C. The normalized spacial score (nSPS) is 15.4. The molecular weight excluding hydrogens is 228 g/mol. The van der Waals surface area contributed by atoms with Gasteiger partial charge in [0.05, 0.1) is 6.10 Å². The van der Waals surface area contributed by atoms with Crippen LogP contribution in [-0.2, 0) is 10.2 Å². The maximum absolute atomic E-state index is 11.4. The van der Waals surface area contributed by atoms with Crippen LogP contribution in [0.3, 0.4) is 0 Å². The summed E-state index contributed by atoms with van der Waals surface area (Å²) in [5.41, 5.74) is -0.0175. The van der Waals surface area contributed by atoms with Gasteiger partial charge in [0, 0.05) is 12.6 Å². The van der Waals surface area contributed by atoms with Crippen molar-refractivity contribution in [2.45, 2.75) is 53.2 Å². The first-order valence-electron chi connectivity index (χ1n) is 5.47. The third kappa shape index (κ3) is 9.08. The molecule has 0 saturated heterocycles. The van der Waals surface area contributed by atoms with E-state index in [1.807, 2.05) is 20.8 Å². The third-order valence-electron chi connectivity index (χ3n) is 1.75. The molecule has 1 atom stereocenters. The first-order chi connectivity index (χ1) is 7.02. The number of aliphatic hydroxyl groups excluding tert-OH is 1. The molecule has 98 valence electrons. The predicted octanol–water partition coefficient (Wildman–Crippen LogP) is 0.616. The van der Waals surface area contributed by atoms with Crippen molar-refractivity contribution in [1.29, 1.82) is 0 Å². The Morgan fingerprint density at radius 2 is 1.75 bits per heavy atom.